The number of nitrogens with two attached hydrogens (primary N) is 1. The predicted molar refractivity (Wildman–Crippen MR) is 72.6 cm³/mol. The fourth-order valence-electron chi connectivity index (χ4n) is 2.02. The number of halogens is 1. The zero-order valence-corrected chi connectivity index (χ0v) is 10.5. The van der Waals surface area contributed by atoms with Crippen LogP contribution < -0.4 is 5.73 Å². The summed E-state index contributed by atoms with van der Waals surface area (Å²) in [7, 11) is 0. The molecule has 0 radical (unpaired) electrons. The number of aromatic nitrogens is 3. The Bertz CT molecular complexity index is 716. The van der Waals surface area contributed by atoms with E-state index in [2.05, 4.69) is 10.1 Å². The molecule has 0 atom stereocenters. The molecule has 1 aromatic carbocycles. The first-order valence-corrected chi connectivity index (χ1v) is 5.91. The molecule has 18 heavy (non-hydrogen) atoms. The Labute approximate surface area is 109 Å². The van der Waals surface area contributed by atoms with Crippen LogP contribution in [-0.4, -0.2) is 14.6 Å². The molecule has 0 spiro atoms. The van der Waals surface area contributed by atoms with E-state index in [-0.39, 0.29) is 5.95 Å². The van der Waals surface area contributed by atoms with E-state index in [4.69, 9.17) is 17.3 Å². The molecule has 0 bridgehead atoms. The number of benzene rings is 1. The monoisotopic (exact) mass is 258 g/mol. The second-order valence-electron chi connectivity index (χ2n) is 4.08. The van der Waals surface area contributed by atoms with Gasteiger partial charge in [-0.2, -0.15) is 4.98 Å². The third-order valence-corrected chi connectivity index (χ3v) is 3.16. The molecule has 0 aliphatic rings. The molecule has 2 aromatic heterocycles. The van der Waals surface area contributed by atoms with Gasteiger partial charge in [0.05, 0.1) is 0 Å². The molecule has 0 saturated heterocycles. The Morgan fingerprint density at radius 1 is 1.11 bits per heavy atom. The number of fused-ring (bicyclic) bond motifs is 1. The van der Waals surface area contributed by atoms with Gasteiger partial charge in [0.25, 0.3) is 0 Å². The van der Waals surface area contributed by atoms with E-state index >= 15 is 0 Å². The van der Waals surface area contributed by atoms with Crippen molar-refractivity contribution in [2.45, 2.75) is 6.92 Å². The van der Waals surface area contributed by atoms with E-state index in [9.17, 15) is 0 Å². The largest absolute Gasteiger partial charge is 0.366 e. The molecule has 0 aliphatic carbocycles. The van der Waals surface area contributed by atoms with E-state index in [1.165, 1.54) is 0 Å². The van der Waals surface area contributed by atoms with Crippen molar-refractivity contribution in [1.29, 1.82) is 0 Å². The van der Waals surface area contributed by atoms with Crippen molar-refractivity contribution in [1.82, 2.24) is 14.6 Å². The van der Waals surface area contributed by atoms with Crippen LogP contribution in [0.15, 0.2) is 36.4 Å². The van der Waals surface area contributed by atoms with Crippen molar-refractivity contribution in [2.75, 3.05) is 5.73 Å². The van der Waals surface area contributed by atoms with E-state index in [1.807, 2.05) is 43.3 Å². The lowest BCUT2D eigenvalue weighted by atomic mass is 10.0. The van der Waals surface area contributed by atoms with E-state index in [1.54, 1.807) is 4.52 Å². The summed E-state index contributed by atoms with van der Waals surface area (Å²) in [4.78, 5) is 4.13. The fraction of sp³-hybridized carbons (Fsp3) is 0.0769. The number of nitrogen functional groups attached to an aromatic ring is 1. The second-order valence-corrected chi connectivity index (χ2v) is 4.52. The van der Waals surface area contributed by atoms with Crippen LogP contribution in [0.1, 0.15) is 5.69 Å². The molecule has 0 unspecified atom stereocenters. The minimum atomic E-state index is 0.284. The first-order valence-electron chi connectivity index (χ1n) is 5.53. The summed E-state index contributed by atoms with van der Waals surface area (Å²) in [6, 6.07) is 11.6. The zero-order valence-electron chi connectivity index (χ0n) is 9.76. The van der Waals surface area contributed by atoms with Gasteiger partial charge in [0.15, 0.2) is 5.65 Å². The number of rotatable bonds is 1. The second kappa shape index (κ2) is 3.99. The van der Waals surface area contributed by atoms with Gasteiger partial charge in [0, 0.05) is 16.3 Å². The topological polar surface area (TPSA) is 56.2 Å². The summed E-state index contributed by atoms with van der Waals surface area (Å²) in [5.74, 6) is 0.284. The molecular formula is C13H11ClN4. The number of hydrogen-bond donors (Lipinski definition) is 1. The van der Waals surface area contributed by atoms with Gasteiger partial charge in [-0.1, -0.05) is 23.7 Å². The number of anilines is 1. The quantitative estimate of drug-likeness (QED) is 0.730. The molecule has 2 heterocycles. The third kappa shape index (κ3) is 1.71. The lowest BCUT2D eigenvalue weighted by molar-refractivity contribution is 0.922. The minimum absolute atomic E-state index is 0.284. The molecular weight excluding hydrogens is 248 g/mol. The van der Waals surface area contributed by atoms with Crippen LogP contribution in [0.2, 0.25) is 5.02 Å². The lowest BCUT2D eigenvalue weighted by Gasteiger charge is -2.07. The van der Waals surface area contributed by atoms with Crippen LogP contribution in [0, 0.1) is 6.92 Å². The van der Waals surface area contributed by atoms with Crippen molar-refractivity contribution < 1.29 is 0 Å². The van der Waals surface area contributed by atoms with Crippen molar-refractivity contribution in [3.8, 4) is 11.1 Å². The van der Waals surface area contributed by atoms with Crippen molar-refractivity contribution in [3.05, 3.63) is 47.1 Å². The van der Waals surface area contributed by atoms with E-state index in [0.29, 0.717) is 0 Å². The molecule has 2 N–H and O–H groups in total. The summed E-state index contributed by atoms with van der Waals surface area (Å²) in [6.45, 7) is 1.99. The SMILES string of the molecule is Cc1c(-c2ccc(Cl)cc2)ccc2nc(N)nn12. The van der Waals surface area contributed by atoms with Gasteiger partial charge >= 0.3 is 0 Å². The van der Waals surface area contributed by atoms with Crippen LogP contribution in [-0.2, 0) is 0 Å². The van der Waals surface area contributed by atoms with Crippen molar-refractivity contribution in [3.63, 3.8) is 0 Å². The third-order valence-electron chi connectivity index (χ3n) is 2.91. The maximum atomic E-state index is 5.89. The van der Waals surface area contributed by atoms with Gasteiger partial charge < -0.3 is 5.73 Å². The highest BCUT2D eigenvalue weighted by molar-refractivity contribution is 6.30. The standard InChI is InChI=1S/C13H11ClN4/c1-8-11(9-2-4-10(14)5-3-9)6-7-12-16-13(15)17-18(8)12/h2-7H,1H3,(H2,15,17). The number of nitrogens with zero attached hydrogens (tertiary/aromatic N) is 3. The highest BCUT2D eigenvalue weighted by Gasteiger charge is 2.08. The minimum Gasteiger partial charge on any atom is -0.366 e. The normalized spacial score (nSPS) is 11.0. The van der Waals surface area contributed by atoms with Gasteiger partial charge in [0.1, 0.15) is 0 Å². The van der Waals surface area contributed by atoms with Crippen LogP contribution in [0.4, 0.5) is 5.95 Å². The van der Waals surface area contributed by atoms with E-state index in [0.717, 1.165) is 27.5 Å². The lowest BCUT2D eigenvalue weighted by Crippen LogP contribution is -1.97. The molecule has 0 saturated carbocycles. The van der Waals surface area contributed by atoms with Crippen LogP contribution in [0.5, 0.6) is 0 Å². The predicted octanol–water partition coefficient (Wildman–Crippen LogP) is 2.94. The molecule has 3 aromatic rings. The Balaban J connectivity index is 2.23. The summed E-state index contributed by atoms with van der Waals surface area (Å²) >= 11 is 5.89. The molecule has 0 amide bonds. The maximum Gasteiger partial charge on any atom is 0.240 e. The van der Waals surface area contributed by atoms with Gasteiger partial charge in [-0.25, -0.2) is 4.52 Å². The average molecular weight is 259 g/mol. The Hall–Kier alpha value is -2.07. The molecule has 5 heteroatoms. The van der Waals surface area contributed by atoms with Crippen LogP contribution in [0.25, 0.3) is 16.8 Å². The summed E-state index contributed by atoms with van der Waals surface area (Å²) in [5.41, 5.74) is 9.54. The highest BCUT2D eigenvalue weighted by Crippen LogP contribution is 2.25. The zero-order chi connectivity index (χ0) is 12.7. The Morgan fingerprint density at radius 3 is 2.56 bits per heavy atom. The van der Waals surface area contributed by atoms with Crippen LogP contribution in [0.3, 0.4) is 0 Å². The first-order chi connectivity index (χ1) is 8.65. The Kier molecular flexibility index (Phi) is 2.45. The van der Waals surface area contributed by atoms with Gasteiger partial charge in [-0.05, 0) is 36.8 Å². The van der Waals surface area contributed by atoms with Crippen molar-refractivity contribution >= 4 is 23.2 Å². The molecule has 0 fully saturated rings. The fourth-order valence-corrected chi connectivity index (χ4v) is 2.15. The molecule has 0 aliphatic heterocycles. The van der Waals surface area contributed by atoms with Gasteiger partial charge in [-0.15, -0.1) is 5.10 Å². The summed E-state index contributed by atoms with van der Waals surface area (Å²) < 4.78 is 1.75. The molecule has 3 rings (SSSR count). The Morgan fingerprint density at radius 2 is 1.83 bits per heavy atom. The molecule has 4 nitrogen and oxygen atoms in total. The van der Waals surface area contributed by atoms with Gasteiger partial charge in [0.2, 0.25) is 5.95 Å². The van der Waals surface area contributed by atoms with E-state index < -0.39 is 0 Å². The maximum absolute atomic E-state index is 5.89. The highest BCUT2D eigenvalue weighted by atomic mass is 35.5. The average Bonchev–Trinajstić information content (AvgIpc) is 2.73. The number of pyridine rings is 1. The van der Waals surface area contributed by atoms with Gasteiger partial charge in [-0.3, -0.25) is 0 Å². The smallest absolute Gasteiger partial charge is 0.240 e. The number of hydrogen-bond acceptors (Lipinski definition) is 3. The van der Waals surface area contributed by atoms with Crippen molar-refractivity contribution in [2.24, 2.45) is 0 Å². The number of aryl methyl sites for hydroxylation is 1. The summed E-state index contributed by atoms with van der Waals surface area (Å²) in [5, 5.41) is 4.90. The first kappa shape index (κ1) is 11.0. The molecule has 90 valence electrons. The van der Waals surface area contributed by atoms with Crippen LogP contribution >= 0.6 is 11.6 Å². The summed E-state index contributed by atoms with van der Waals surface area (Å²) in [6.07, 6.45) is 0.